The lowest BCUT2D eigenvalue weighted by molar-refractivity contribution is -0.126. The summed E-state index contributed by atoms with van der Waals surface area (Å²) in [5.41, 5.74) is -1.46. The van der Waals surface area contributed by atoms with Crippen molar-refractivity contribution in [3.8, 4) is 0 Å². The monoisotopic (exact) mass is 531 g/mol. The smallest absolute Gasteiger partial charge is 0.407 e. The van der Waals surface area contributed by atoms with Crippen LogP contribution in [0.4, 0.5) is 4.79 Å². The minimum atomic E-state index is -4.92. The van der Waals surface area contributed by atoms with Gasteiger partial charge >= 0.3 is 6.09 Å². The maximum absolute atomic E-state index is 13.0. The molecule has 2 fully saturated rings. The van der Waals surface area contributed by atoms with Crippen molar-refractivity contribution in [1.29, 1.82) is 0 Å². The van der Waals surface area contributed by atoms with Crippen LogP contribution in [0.15, 0.2) is 24.3 Å². The van der Waals surface area contributed by atoms with Crippen LogP contribution in [-0.4, -0.2) is 66.7 Å². The molecular weight excluding hydrogens is 502 g/mol. The van der Waals surface area contributed by atoms with E-state index in [0.29, 0.717) is 30.8 Å². The number of amides is 3. The molecule has 0 aromatic heterocycles. The van der Waals surface area contributed by atoms with Crippen LogP contribution in [0.3, 0.4) is 0 Å². The van der Waals surface area contributed by atoms with Gasteiger partial charge in [-0.05, 0) is 42.9 Å². The minimum Gasteiger partial charge on any atom is -0.449 e. The van der Waals surface area contributed by atoms with E-state index in [2.05, 4.69) is 16.0 Å². The number of rotatable bonds is 12. The van der Waals surface area contributed by atoms with Crippen LogP contribution in [0.1, 0.15) is 37.7 Å². The van der Waals surface area contributed by atoms with Crippen molar-refractivity contribution in [3.05, 3.63) is 34.9 Å². The molecule has 1 aliphatic heterocycles. The molecule has 1 saturated carbocycles. The van der Waals surface area contributed by atoms with E-state index in [9.17, 15) is 32.5 Å². The van der Waals surface area contributed by atoms with Crippen molar-refractivity contribution in [2.75, 3.05) is 13.2 Å². The van der Waals surface area contributed by atoms with Gasteiger partial charge in [0, 0.05) is 23.9 Å². The van der Waals surface area contributed by atoms with Crippen LogP contribution in [0.2, 0.25) is 5.02 Å². The van der Waals surface area contributed by atoms with Gasteiger partial charge < -0.3 is 25.8 Å². The first-order valence-corrected chi connectivity index (χ1v) is 13.3. The van der Waals surface area contributed by atoms with Crippen molar-refractivity contribution in [1.82, 2.24) is 16.0 Å². The number of aliphatic hydroxyl groups is 1. The molecule has 1 saturated heterocycles. The second kappa shape index (κ2) is 12.0. The van der Waals surface area contributed by atoms with E-state index < -0.39 is 45.6 Å². The Balaban J connectivity index is 1.60. The Labute approximate surface area is 208 Å². The maximum atomic E-state index is 13.0. The number of alkyl carbamates (subject to hydrolysis) is 1. The zero-order valence-corrected chi connectivity index (χ0v) is 20.6. The number of aliphatic hydroxyl groups excluding tert-OH is 1. The van der Waals surface area contributed by atoms with Gasteiger partial charge in [-0.3, -0.25) is 14.1 Å². The van der Waals surface area contributed by atoms with E-state index in [1.54, 1.807) is 18.2 Å². The average molecular weight is 532 g/mol. The van der Waals surface area contributed by atoms with Crippen LogP contribution in [0.5, 0.6) is 0 Å². The lowest BCUT2D eigenvalue weighted by atomic mass is 9.98. The minimum absolute atomic E-state index is 0.0465. The van der Waals surface area contributed by atoms with Crippen molar-refractivity contribution < 1.29 is 37.2 Å². The Morgan fingerprint density at radius 1 is 1.20 bits per heavy atom. The summed E-state index contributed by atoms with van der Waals surface area (Å²) in [6, 6.07) is 4.59. The second-order valence-corrected chi connectivity index (χ2v) is 10.9. The number of benzene rings is 1. The van der Waals surface area contributed by atoms with E-state index in [4.69, 9.17) is 16.3 Å². The third-order valence-electron chi connectivity index (χ3n) is 6.07. The number of hydrogen-bond donors (Lipinski definition) is 5. The Kier molecular flexibility index (Phi) is 9.34. The first kappa shape index (κ1) is 27.2. The highest BCUT2D eigenvalue weighted by Crippen LogP contribution is 2.33. The highest BCUT2D eigenvalue weighted by atomic mass is 35.5. The molecule has 3 amide bonds. The fraction of sp³-hybridized carbons (Fsp3) is 0.591. The van der Waals surface area contributed by atoms with Crippen LogP contribution >= 0.6 is 11.6 Å². The van der Waals surface area contributed by atoms with Gasteiger partial charge in [0.2, 0.25) is 17.3 Å². The Morgan fingerprint density at radius 2 is 1.94 bits per heavy atom. The zero-order valence-electron chi connectivity index (χ0n) is 19.0. The highest BCUT2D eigenvalue weighted by molar-refractivity contribution is 7.86. The average Bonchev–Trinajstić information content (AvgIpc) is 3.51. The standard InChI is InChI=1S/C22H30ClN3O8S/c23-16-3-1-2-13(10-16)7-9-34-22(30)26-17(11-14-4-5-14)20(28)25-18(21(29)35(31,32)33)12-15-6-8-24-19(15)27/h1-3,10,14-15,17-18,21,29H,4-9,11-12H2,(H,24,27)(H,25,28)(H,26,30)(H,31,32,33)/t15-,17-,18-,21?/m0/s1. The first-order chi connectivity index (χ1) is 16.5. The van der Waals surface area contributed by atoms with Crippen molar-refractivity contribution >= 4 is 39.6 Å². The van der Waals surface area contributed by atoms with Gasteiger partial charge in [-0.2, -0.15) is 8.42 Å². The van der Waals surface area contributed by atoms with Gasteiger partial charge in [-0.1, -0.05) is 36.6 Å². The normalized spacial score (nSPS) is 20.4. The first-order valence-electron chi connectivity index (χ1n) is 11.4. The molecule has 13 heteroatoms. The van der Waals surface area contributed by atoms with Crippen molar-refractivity contribution in [2.45, 2.75) is 56.0 Å². The summed E-state index contributed by atoms with van der Waals surface area (Å²) in [4.78, 5) is 37.3. The molecule has 1 aromatic carbocycles. The quantitative estimate of drug-likeness (QED) is 0.248. The molecule has 1 aromatic rings. The van der Waals surface area contributed by atoms with E-state index in [0.717, 1.165) is 18.4 Å². The number of hydrogen-bond acceptors (Lipinski definition) is 7. The van der Waals surface area contributed by atoms with E-state index in [-0.39, 0.29) is 24.9 Å². The van der Waals surface area contributed by atoms with Crippen LogP contribution in [-0.2, 0) is 30.9 Å². The molecule has 1 aliphatic carbocycles. The lowest BCUT2D eigenvalue weighted by Gasteiger charge is -2.26. The van der Waals surface area contributed by atoms with Crippen molar-refractivity contribution in [3.63, 3.8) is 0 Å². The highest BCUT2D eigenvalue weighted by Gasteiger charge is 2.38. The Morgan fingerprint density at radius 3 is 2.54 bits per heavy atom. The third-order valence-corrected chi connectivity index (χ3v) is 7.24. The molecule has 2 aliphatic rings. The molecule has 0 bridgehead atoms. The number of nitrogens with one attached hydrogen (secondary N) is 3. The number of carbonyl (C=O) groups is 3. The summed E-state index contributed by atoms with van der Waals surface area (Å²) < 4.78 is 37.6. The maximum Gasteiger partial charge on any atom is 0.407 e. The molecule has 3 rings (SSSR count). The fourth-order valence-corrected chi connectivity index (χ4v) is 4.78. The van der Waals surface area contributed by atoms with Crippen LogP contribution < -0.4 is 16.0 Å². The largest absolute Gasteiger partial charge is 0.449 e. The number of halogens is 1. The topological polar surface area (TPSA) is 171 Å². The Bertz CT molecular complexity index is 1030. The number of carbonyl (C=O) groups excluding carboxylic acids is 3. The molecule has 4 atom stereocenters. The summed E-state index contributed by atoms with van der Waals surface area (Å²) in [5.74, 6) is -1.50. The summed E-state index contributed by atoms with van der Waals surface area (Å²) in [7, 11) is -4.92. The van der Waals surface area contributed by atoms with Gasteiger partial charge in [0.1, 0.15) is 6.04 Å². The second-order valence-electron chi connectivity index (χ2n) is 8.92. The summed E-state index contributed by atoms with van der Waals surface area (Å²) in [6.07, 6.45) is 1.86. The summed E-state index contributed by atoms with van der Waals surface area (Å²) >= 11 is 5.94. The molecule has 35 heavy (non-hydrogen) atoms. The molecule has 5 N–H and O–H groups in total. The van der Waals surface area contributed by atoms with E-state index in [1.807, 2.05) is 6.07 Å². The molecular formula is C22H30ClN3O8S. The third kappa shape index (κ3) is 8.64. The fourth-order valence-electron chi connectivity index (χ4n) is 3.97. The Hall–Kier alpha value is -2.41. The molecule has 11 nitrogen and oxygen atoms in total. The summed E-state index contributed by atoms with van der Waals surface area (Å²) in [5, 5.41) is 18.2. The van der Waals surface area contributed by atoms with E-state index >= 15 is 0 Å². The van der Waals surface area contributed by atoms with E-state index in [1.165, 1.54) is 0 Å². The van der Waals surface area contributed by atoms with Gasteiger partial charge in [0.15, 0.2) is 0 Å². The predicted molar refractivity (Wildman–Crippen MR) is 126 cm³/mol. The number of ether oxygens (including phenoxy) is 1. The predicted octanol–water partition coefficient (Wildman–Crippen LogP) is 0.995. The summed E-state index contributed by atoms with van der Waals surface area (Å²) in [6.45, 7) is 0.434. The SMILES string of the molecule is O=C(N[C@@H](CC1CC1)C(=O)N[C@@H](C[C@@H]1CCNC1=O)C(O)S(=O)(=O)O)OCCc1cccc(Cl)c1. The van der Waals surface area contributed by atoms with Crippen molar-refractivity contribution in [2.24, 2.45) is 11.8 Å². The molecule has 0 spiro atoms. The molecule has 1 heterocycles. The molecule has 194 valence electrons. The van der Waals surface area contributed by atoms with Crippen LogP contribution in [0.25, 0.3) is 0 Å². The lowest BCUT2D eigenvalue weighted by Crippen LogP contribution is -2.54. The van der Waals surface area contributed by atoms with Gasteiger partial charge in [-0.25, -0.2) is 4.79 Å². The van der Waals surface area contributed by atoms with Crippen LogP contribution in [0, 0.1) is 11.8 Å². The van der Waals surface area contributed by atoms with Gasteiger partial charge in [0.25, 0.3) is 10.1 Å². The zero-order chi connectivity index (χ0) is 25.6. The van der Waals surface area contributed by atoms with Gasteiger partial charge in [0.05, 0.1) is 12.6 Å². The van der Waals surface area contributed by atoms with Gasteiger partial charge in [-0.15, -0.1) is 0 Å². The molecule has 0 radical (unpaired) electrons. The molecule has 1 unspecified atom stereocenters.